The van der Waals surface area contributed by atoms with E-state index in [1.54, 1.807) is 16.7 Å². The molecule has 0 atom stereocenters. The molecule has 0 unspecified atom stereocenters. The van der Waals surface area contributed by atoms with Crippen LogP contribution in [0.25, 0.3) is 17.5 Å². The van der Waals surface area contributed by atoms with Crippen LogP contribution in [0.2, 0.25) is 0 Å². The average molecular weight is 294 g/mol. The van der Waals surface area contributed by atoms with Gasteiger partial charge in [0, 0.05) is 31.9 Å². The maximum absolute atomic E-state index is 2.44. The van der Waals surface area contributed by atoms with Crippen LogP contribution >= 0.6 is 0 Å². The predicted molar refractivity (Wildman–Crippen MR) is 93.2 cm³/mol. The summed E-state index contributed by atoms with van der Waals surface area (Å²) >= 11 is 0. The first-order valence-electron chi connectivity index (χ1n) is 8.49. The van der Waals surface area contributed by atoms with Crippen LogP contribution in [-0.2, 0) is 26.9 Å². The third kappa shape index (κ3) is 1.61. The monoisotopic (exact) mass is 294 g/mol. The number of allylic oxidation sites excluding steroid dienone is 1. The molecule has 0 fully saturated rings. The lowest BCUT2D eigenvalue weighted by Crippen LogP contribution is -2.03. The lowest BCUT2D eigenvalue weighted by molar-refractivity contribution is 0.741. The van der Waals surface area contributed by atoms with Gasteiger partial charge in [0.2, 0.25) is 0 Å². The molecule has 0 radical (unpaired) electrons. The normalized spacial score (nSPS) is 15.5. The van der Waals surface area contributed by atoms with E-state index in [0.29, 0.717) is 11.8 Å². The van der Waals surface area contributed by atoms with Gasteiger partial charge in [0.15, 0.2) is 0 Å². The minimum Gasteiger partial charge on any atom is -0.346 e. The first-order valence-corrected chi connectivity index (χ1v) is 8.49. The Kier molecular flexibility index (Phi) is 2.79. The summed E-state index contributed by atoms with van der Waals surface area (Å²) in [6.07, 6.45) is 4.71. The van der Waals surface area contributed by atoms with E-state index in [1.807, 2.05) is 0 Å². The minimum absolute atomic E-state index is 0.582. The van der Waals surface area contributed by atoms with Crippen molar-refractivity contribution in [3.63, 3.8) is 0 Å². The van der Waals surface area contributed by atoms with Crippen LogP contribution in [0.3, 0.4) is 0 Å². The van der Waals surface area contributed by atoms with Crippen LogP contribution in [0.4, 0.5) is 0 Å². The molecule has 0 aliphatic heterocycles. The van der Waals surface area contributed by atoms with Gasteiger partial charge in [-0.05, 0) is 47.1 Å². The summed E-state index contributed by atoms with van der Waals surface area (Å²) in [6.45, 7) is 9.19. The van der Waals surface area contributed by atoms with E-state index in [9.17, 15) is 0 Å². The lowest BCUT2D eigenvalue weighted by Gasteiger charge is -2.12. The molecule has 2 aliphatic carbocycles. The molecule has 0 amide bonds. The molecule has 2 heteroatoms. The Labute approximate surface area is 133 Å². The highest BCUT2D eigenvalue weighted by Gasteiger charge is 2.34. The van der Waals surface area contributed by atoms with Crippen molar-refractivity contribution >= 4 is 6.08 Å². The van der Waals surface area contributed by atoms with Crippen LogP contribution in [0.5, 0.6) is 0 Å². The molecular formula is C20H26N2. The topological polar surface area (TPSA) is 9.86 Å². The van der Waals surface area contributed by atoms with Gasteiger partial charge >= 0.3 is 0 Å². The molecule has 116 valence electrons. The molecule has 0 saturated carbocycles. The van der Waals surface area contributed by atoms with Crippen LogP contribution in [0.15, 0.2) is 11.6 Å². The molecule has 0 aromatic carbocycles. The molecule has 2 nitrogen and oxygen atoms in total. The molecule has 2 aliphatic rings. The number of hydrogen-bond donors (Lipinski definition) is 0. The number of rotatable bonds is 2. The first-order chi connectivity index (χ1) is 10.4. The van der Waals surface area contributed by atoms with E-state index in [4.69, 9.17) is 0 Å². The molecule has 0 saturated heterocycles. The van der Waals surface area contributed by atoms with Gasteiger partial charge < -0.3 is 9.13 Å². The van der Waals surface area contributed by atoms with E-state index in [0.717, 1.165) is 12.8 Å². The Morgan fingerprint density at radius 2 is 1.59 bits per heavy atom. The SMILES string of the molecule is CC(C)C1=Cc2c(c3c(n2C)-c2c(cc(C(C)C)n2C)C3)C1. The van der Waals surface area contributed by atoms with E-state index < -0.39 is 0 Å². The van der Waals surface area contributed by atoms with Gasteiger partial charge in [-0.15, -0.1) is 0 Å². The van der Waals surface area contributed by atoms with Crippen molar-refractivity contribution < 1.29 is 0 Å². The molecule has 2 heterocycles. The van der Waals surface area contributed by atoms with Crippen LogP contribution < -0.4 is 0 Å². The van der Waals surface area contributed by atoms with Crippen LogP contribution in [0.1, 0.15) is 61.7 Å². The second-order valence-corrected chi connectivity index (χ2v) is 7.63. The first kappa shape index (κ1) is 13.9. The third-order valence-electron chi connectivity index (χ3n) is 5.63. The fraction of sp³-hybridized carbons (Fsp3) is 0.500. The van der Waals surface area contributed by atoms with E-state index in [1.165, 1.54) is 28.3 Å². The molecule has 2 aromatic rings. The van der Waals surface area contributed by atoms with Gasteiger partial charge in [-0.25, -0.2) is 0 Å². The quantitative estimate of drug-likeness (QED) is 0.651. The van der Waals surface area contributed by atoms with E-state index >= 15 is 0 Å². The van der Waals surface area contributed by atoms with Gasteiger partial charge in [0.25, 0.3) is 0 Å². The van der Waals surface area contributed by atoms with Crippen molar-refractivity contribution in [3.8, 4) is 11.4 Å². The standard InChI is InChI=1S/C20H26N2/c1-11(2)13-7-15-16-8-14-10-17(12(3)4)21(5)19(14)20(16)22(6)18(15)9-13/h9-12H,7-8H2,1-6H3. The van der Waals surface area contributed by atoms with Gasteiger partial charge in [-0.2, -0.15) is 0 Å². The zero-order valence-electron chi connectivity index (χ0n) is 14.6. The van der Waals surface area contributed by atoms with Gasteiger partial charge in [0.1, 0.15) is 0 Å². The molecule has 0 N–H and O–H groups in total. The second kappa shape index (κ2) is 4.41. The summed E-state index contributed by atoms with van der Waals surface area (Å²) in [7, 11) is 4.48. The number of fused-ring (bicyclic) bond motifs is 5. The highest BCUT2D eigenvalue weighted by molar-refractivity contribution is 5.80. The number of hydrogen-bond acceptors (Lipinski definition) is 0. The fourth-order valence-electron chi connectivity index (χ4n) is 4.38. The second-order valence-electron chi connectivity index (χ2n) is 7.63. The Morgan fingerprint density at radius 1 is 0.864 bits per heavy atom. The largest absolute Gasteiger partial charge is 0.346 e. The summed E-state index contributed by atoms with van der Waals surface area (Å²) < 4.78 is 4.87. The van der Waals surface area contributed by atoms with Crippen molar-refractivity contribution in [1.82, 2.24) is 9.13 Å². The lowest BCUT2D eigenvalue weighted by atomic mass is 9.99. The summed E-state index contributed by atoms with van der Waals surface area (Å²) in [4.78, 5) is 0. The predicted octanol–water partition coefficient (Wildman–Crippen LogP) is 4.65. The average Bonchev–Trinajstić information content (AvgIpc) is 3.12. The zero-order chi connectivity index (χ0) is 15.8. The zero-order valence-corrected chi connectivity index (χ0v) is 14.6. The number of aromatic nitrogens is 2. The Balaban J connectivity index is 1.89. The van der Waals surface area contributed by atoms with Crippen molar-refractivity contribution in [1.29, 1.82) is 0 Å². The molecule has 2 aromatic heterocycles. The van der Waals surface area contributed by atoms with Crippen LogP contribution in [-0.4, -0.2) is 9.13 Å². The summed E-state index contributed by atoms with van der Waals surface area (Å²) in [5.41, 5.74) is 12.1. The Hall–Kier alpha value is -1.70. The van der Waals surface area contributed by atoms with Crippen molar-refractivity contribution in [2.75, 3.05) is 0 Å². The fourth-order valence-corrected chi connectivity index (χ4v) is 4.38. The summed E-state index contributed by atoms with van der Waals surface area (Å²) in [6, 6.07) is 2.43. The maximum Gasteiger partial charge on any atom is 0.0691 e. The van der Waals surface area contributed by atoms with Crippen molar-refractivity contribution in [2.45, 2.75) is 46.5 Å². The molecule has 0 spiro atoms. The van der Waals surface area contributed by atoms with Gasteiger partial charge in [-0.1, -0.05) is 33.3 Å². The molecule has 4 rings (SSSR count). The number of nitrogens with zero attached hydrogens (tertiary/aromatic N) is 2. The van der Waals surface area contributed by atoms with Crippen molar-refractivity contribution in [2.24, 2.45) is 20.0 Å². The molecular weight excluding hydrogens is 268 g/mol. The molecule has 22 heavy (non-hydrogen) atoms. The summed E-state index contributed by atoms with van der Waals surface area (Å²) in [5, 5.41) is 0. The van der Waals surface area contributed by atoms with Crippen molar-refractivity contribution in [3.05, 3.63) is 39.7 Å². The Morgan fingerprint density at radius 3 is 2.23 bits per heavy atom. The molecule has 0 bridgehead atoms. The minimum atomic E-state index is 0.582. The Bertz CT molecular complexity index is 810. The highest BCUT2D eigenvalue weighted by atomic mass is 15.0. The van der Waals surface area contributed by atoms with Gasteiger partial charge in [-0.3, -0.25) is 0 Å². The summed E-state index contributed by atoms with van der Waals surface area (Å²) in [5.74, 6) is 1.23. The van der Waals surface area contributed by atoms with Crippen LogP contribution in [0, 0.1) is 5.92 Å². The highest BCUT2D eigenvalue weighted by Crippen LogP contribution is 2.46. The van der Waals surface area contributed by atoms with E-state index in [2.05, 4.69) is 63.1 Å². The smallest absolute Gasteiger partial charge is 0.0691 e. The van der Waals surface area contributed by atoms with Gasteiger partial charge in [0.05, 0.1) is 11.4 Å². The maximum atomic E-state index is 2.44. The third-order valence-corrected chi connectivity index (χ3v) is 5.63. The van der Waals surface area contributed by atoms with E-state index in [-0.39, 0.29) is 0 Å².